The van der Waals surface area contributed by atoms with E-state index < -0.39 is 58.2 Å². The Bertz CT molecular complexity index is 1320. The third-order valence-corrected chi connectivity index (χ3v) is 5.61. The highest BCUT2D eigenvalue weighted by atomic mass is 19.2. The molecule has 1 atom stereocenters. The van der Waals surface area contributed by atoms with Gasteiger partial charge in [-0.05, 0) is 60.4 Å². The van der Waals surface area contributed by atoms with Crippen molar-refractivity contribution in [1.29, 1.82) is 0 Å². The smallest absolute Gasteiger partial charge is 0.341 e. The Morgan fingerprint density at radius 1 is 0.824 bits per heavy atom. The minimum absolute atomic E-state index is 0.000362. The van der Waals surface area contributed by atoms with Gasteiger partial charge >= 0.3 is 5.97 Å². The lowest BCUT2D eigenvalue weighted by Gasteiger charge is -2.23. The highest BCUT2D eigenvalue weighted by Gasteiger charge is 2.25. The van der Waals surface area contributed by atoms with Crippen molar-refractivity contribution in [2.24, 2.45) is 0 Å². The molecule has 0 saturated heterocycles. The van der Waals surface area contributed by atoms with Gasteiger partial charge in [0.05, 0.1) is 5.56 Å². The molecule has 1 aliphatic rings. The Labute approximate surface area is 190 Å². The van der Waals surface area contributed by atoms with Crippen LogP contribution in [0.5, 0.6) is 11.5 Å². The number of esters is 1. The zero-order valence-electron chi connectivity index (χ0n) is 17.4. The number of phenols is 2. The molecule has 0 fully saturated rings. The summed E-state index contributed by atoms with van der Waals surface area (Å²) in [5.74, 6) is -9.00. The summed E-state index contributed by atoms with van der Waals surface area (Å²) in [5, 5.41) is 18.5. The van der Waals surface area contributed by atoms with Crippen molar-refractivity contribution in [1.82, 2.24) is 0 Å². The van der Waals surface area contributed by atoms with Gasteiger partial charge in [0.1, 0.15) is 11.9 Å². The molecule has 1 unspecified atom stereocenters. The van der Waals surface area contributed by atoms with Crippen LogP contribution in [0.1, 0.15) is 35.2 Å². The average molecular weight is 476 g/mol. The van der Waals surface area contributed by atoms with Crippen molar-refractivity contribution in [3.05, 3.63) is 88.8 Å². The van der Waals surface area contributed by atoms with E-state index in [-0.39, 0.29) is 36.0 Å². The Morgan fingerprint density at radius 2 is 1.44 bits per heavy atom. The molecule has 2 N–H and O–H groups in total. The van der Waals surface area contributed by atoms with Crippen LogP contribution in [0.15, 0.2) is 48.5 Å². The number of carbonyl (C=O) groups excluding carboxylic acids is 1. The van der Waals surface area contributed by atoms with E-state index in [1.165, 1.54) is 12.1 Å². The largest absolute Gasteiger partial charge is 0.505 e. The summed E-state index contributed by atoms with van der Waals surface area (Å²) >= 11 is 0. The summed E-state index contributed by atoms with van der Waals surface area (Å²) in [7, 11) is 0. The van der Waals surface area contributed by atoms with E-state index in [0.29, 0.717) is 5.57 Å². The number of allylic oxidation sites excluding steroid dienone is 1. The van der Waals surface area contributed by atoms with Crippen LogP contribution in [0.4, 0.5) is 22.0 Å². The number of benzene rings is 3. The molecule has 176 valence electrons. The maximum absolute atomic E-state index is 14.6. The first-order chi connectivity index (χ1) is 16.2. The Hall–Kier alpha value is -3.88. The highest BCUT2D eigenvalue weighted by molar-refractivity contribution is 5.90. The molecule has 9 heteroatoms. The van der Waals surface area contributed by atoms with Crippen LogP contribution in [-0.2, 0) is 4.74 Å². The fourth-order valence-corrected chi connectivity index (χ4v) is 3.77. The molecule has 0 bridgehead atoms. The molecule has 0 amide bonds. The second-order valence-corrected chi connectivity index (χ2v) is 7.75. The standard InChI is InChI=1S/C25H17F5O4/c26-18-11-13(16-8-10-20(32)24(30)22(16)28)3-6-17(18)25(33)34-14-4-1-12(2-5-14)15-7-9-19(31)23(29)21(15)27/h1,3,6-11,14,31-32H,2,4-5H2. The Kier molecular flexibility index (Phi) is 6.28. The van der Waals surface area contributed by atoms with Crippen LogP contribution >= 0.6 is 0 Å². The van der Waals surface area contributed by atoms with E-state index >= 15 is 0 Å². The molecule has 34 heavy (non-hydrogen) atoms. The third-order valence-electron chi connectivity index (χ3n) is 5.61. The van der Waals surface area contributed by atoms with E-state index in [0.717, 1.165) is 30.3 Å². The number of hydrogen-bond acceptors (Lipinski definition) is 4. The van der Waals surface area contributed by atoms with E-state index in [2.05, 4.69) is 0 Å². The van der Waals surface area contributed by atoms with Crippen LogP contribution in [0, 0.1) is 29.1 Å². The van der Waals surface area contributed by atoms with E-state index in [4.69, 9.17) is 4.74 Å². The molecule has 0 heterocycles. The normalized spacial score (nSPS) is 15.7. The first-order valence-corrected chi connectivity index (χ1v) is 10.2. The number of halogens is 5. The maximum Gasteiger partial charge on any atom is 0.341 e. The molecule has 1 aliphatic carbocycles. The van der Waals surface area contributed by atoms with Gasteiger partial charge in [0.25, 0.3) is 0 Å². The number of aromatic hydroxyl groups is 2. The second kappa shape index (κ2) is 9.17. The minimum atomic E-state index is -1.47. The third kappa shape index (κ3) is 4.33. The zero-order chi connectivity index (χ0) is 24.6. The maximum atomic E-state index is 14.6. The molecule has 4 rings (SSSR count). The lowest BCUT2D eigenvalue weighted by Crippen LogP contribution is -2.21. The van der Waals surface area contributed by atoms with Gasteiger partial charge in [-0.3, -0.25) is 0 Å². The second-order valence-electron chi connectivity index (χ2n) is 7.75. The first kappa shape index (κ1) is 23.3. The van der Waals surface area contributed by atoms with Gasteiger partial charge in [-0.2, -0.15) is 8.78 Å². The molecule has 0 aliphatic heterocycles. The number of rotatable bonds is 4. The minimum Gasteiger partial charge on any atom is -0.505 e. The predicted octanol–water partition coefficient (Wildman–Crippen LogP) is 6.25. The van der Waals surface area contributed by atoms with Crippen LogP contribution < -0.4 is 0 Å². The van der Waals surface area contributed by atoms with Crippen LogP contribution in [0.2, 0.25) is 0 Å². The SMILES string of the molecule is O=C(OC1CC=C(c2ccc(O)c(F)c2F)CC1)c1ccc(-c2ccc(O)c(F)c2F)cc1F. The van der Waals surface area contributed by atoms with Crippen molar-refractivity contribution < 1.29 is 41.7 Å². The van der Waals surface area contributed by atoms with Crippen LogP contribution in [0.3, 0.4) is 0 Å². The number of hydrogen-bond donors (Lipinski definition) is 2. The van der Waals surface area contributed by atoms with Gasteiger partial charge in [0.15, 0.2) is 23.1 Å². The van der Waals surface area contributed by atoms with E-state index in [1.807, 2.05) is 0 Å². The van der Waals surface area contributed by atoms with Gasteiger partial charge < -0.3 is 14.9 Å². The summed E-state index contributed by atoms with van der Waals surface area (Å²) in [6, 6.07) is 7.46. The van der Waals surface area contributed by atoms with Crippen molar-refractivity contribution in [3.8, 4) is 22.6 Å². The summed E-state index contributed by atoms with van der Waals surface area (Å²) in [5.41, 5.74) is -0.261. The molecule has 0 aromatic heterocycles. The fraction of sp³-hybridized carbons (Fsp3) is 0.160. The highest BCUT2D eigenvalue weighted by Crippen LogP contribution is 2.34. The molecular weight excluding hydrogens is 459 g/mol. The van der Waals surface area contributed by atoms with E-state index in [1.54, 1.807) is 6.08 Å². The first-order valence-electron chi connectivity index (χ1n) is 10.2. The molecule has 0 saturated carbocycles. The van der Waals surface area contributed by atoms with Gasteiger partial charge in [0.2, 0.25) is 11.6 Å². The van der Waals surface area contributed by atoms with Gasteiger partial charge in [-0.25, -0.2) is 18.0 Å². The zero-order valence-corrected chi connectivity index (χ0v) is 17.4. The molecule has 0 spiro atoms. The van der Waals surface area contributed by atoms with Gasteiger partial charge in [0, 0.05) is 17.5 Å². The summed E-state index contributed by atoms with van der Waals surface area (Å²) in [4.78, 5) is 12.4. The monoisotopic (exact) mass is 476 g/mol. The number of ether oxygens (including phenoxy) is 1. The predicted molar refractivity (Wildman–Crippen MR) is 112 cm³/mol. The summed E-state index contributed by atoms with van der Waals surface area (Å²) in [6.07, 6.45) is 1.66. The lowest BCUT2D eigenvalue weighted by atomic mass is 9.91. The number of carbonyl (C=O) groups is 1. The molecule has 0 radical (unpaired) electrons. The van der Waals surface area contributed by atoms with Gasteiger partial charge in [-0.15, -0.1) is 0 Å². The van der Waals surface area contributed by atoms with Gasteiger partial charge in [-0.1, -0.05) is 12.1 Å². The van der Waals surface area contributed by atoms with Crippen LogP contribution in [-0.4, -0.2) is 22.3 Å². The molecule has 4 nitrogen and oxygen atoms in total. The van der Waals surface area contributed by atoms with Crippen molar-refractivity contribution in [2.75, 3.05) is 0 Å². The molecular formula is C25H17F5O4. The topological polar surface area (TPSA) is 66.8 Å². The quantitative estimate of drug-likeness (QED) is 0.345. The van der Waals surface area contributed by atoms with Crippen molar-refractivity contribution in [3.63, 3.8) is 0 Å². The van der Waals surface area contributed by atoms with E-state index in [9.17, 15) is 37.0 Å². The molecule has 3 aromatic carbocycles. The Morgan fingerprint density at radius 3 is 2.03 bits per heavy atom. The lowest BCUT2D eigenvalue weighted by molar-refractivity contribution is 0.0280. The van der Waals surface area contributed by atoms with Crippen molar-refractivity contribution >= 4 is 11.5 Å². The summed E-state index contributed by atoms with van der Waals surface area (Å²) < 4.78 is 75.2. The summed E-state index contributed by atoms with van der Waals surface area (Å²) in [6.45, 7) is 0. The van der Waals surface area contributed by atoms with Crippen molar-refractivity contribution in [2.45, 2.75) is 25.4 Å². The number of phenolic OH excluding ortho intramolecular Hbond substituents is 2. The molecule has 3 aromatic rings. The average Bonchev–Trinajstić information content (AvgIpc) is 2.82. The fourth-order valence-electron chi connectivity index (χ4n) is 3.77. The van der Waals surface area contributed by atoms with Crippen LogP contribution in [0.25, 0.3) is 16.7 Å². The Balaban J connectivity index is 1.47.